The number of rotatable bonds is 7. The standard InChI is InChI=1S/C8H14O4.C4H10O/c1-7(9)11-5-3-4-6-12-8(2)10;1-3-5-4-2/h3-6H2,1-2H3;3-4H2,1-2H3. The van der Waals surface area contributed by atoms with Crippen LogP contribution in [0.25, 0.3) is 0 Å². The minimum absolute atomic E-state index is 0.275. The lowest BCUT2D eigenvalue weighted by atomic mass is 10.3. The highest BCUT2D eigenvalue weighted by Crippen LogP contribution is 1.91. The average molecular weight is 248 g/mol. The van der Waals surface area contributed by atoms with Crippen molar-refractivity contribution in [3.63, 3.8) is 0 Å². The number of ether oxygens (including phenoxy) is 3. The lowest BCUT2D eigenvalue weighted by Crippen LogP contribution is -2.04. The first-order valence-electron chi connectivity index (χ1n) is 5.89. The summed E-state index contributed by atoms with van der Waals surface area (Å²) < 4.78 is 14.2. The third-order valence-corrected chi connectivity index (χ3v) is 1.56. The van der Waals surface area contributed by atoms with Gasteiger partial charge in [0.2, 0.25) is 0 Å². The van der Waals surface area contributed by atoms with Crippen molar-refractivity contribution >= 4 is 11.9 Å². The molecule has 0 unspecified atom stereocenters. The molecule has 0 aromatic carbocycles. The van der Waals surface area contributed by atoms with Crippen LogP contribution in [0, 0.1) is 0 Å². The minimum Gasteiger partial charge on any atom is -0.466 e. The summed E-state index contributed by atoms with van der Waals surface area (Å²) in [6, 6.07) is 0. The molecule has 0 aromatic heterocycles. The van der Waals surface area contributed by atoms with Gasteiger partial charge in [-0.05, 0) is 26.7 Å². The van der Waals surface area contributed by atoms with Gasteiger partial charge < -0.3 is 14.2 Å². The molecule has 0 aliphatic rings. The molecule has 0 radical (unpaired) electrons. The number of carbonyl (C=O) groups is 2. The number of carbonyl (C=O) groups excluding carboxylic acids is 2. The van der Waals surface area contributed by atoms with Gasteiger partial charge in [-0.1, -0.05) is 0 Å². The van der Waals surface area contributed by atoms with E-state index in [1.807, 2.05) is 13.8 Å². The quantitative estimate of drug-likeness (QED) is 0.509. The van der Waals surface area contributed by atoms with Crippen molar-refractivity contribution in [3.05, 3.63) is 0 Å². The minimum atomic E-state index is -0.275. The zero-order chi connectivity index (χ0) is 13.5. The lowest BCUT2D eigenvalue weighted by Gasteiger charge is -2.01. The van der Waals surface area contributed by atoms with E-state index in [1.54, 1.807) is 0 Å². The maximum Gasteiger partial charge on any atom is 0.302 e. The van der Waals surface area contributed by atoms with E-state index in [1.165, 1.54) is 13.8 Å². The molecule has 5 heteroatoms. The van der Waals surface area contributed by atoms with E-state index in [2.05, 4.69) is 9.47 Å². The van der Waals surface area contributed by atoms with Crippen LogP contribution >= 0.6 is 0 Å². The Balaban J connectivity index is 0. The van der Waals surface area contributed by atoms with Crippen LogP contribution in [0.5, 0.6) is 0 Å². The average Bonchev–Trinajstić information content (AvgIpc) is 2.24. The second kappa shape index (κ2) is 14.9. The molecule has 0 aliphatic heterocycles. The van der Waals surface area contributed by atoms with E-state index in [-0.39, 0.29) is 11.9 Å². The van der Waals surface area contributed by atoms with E-state index >= 15 is 0 Å². The molecular formula is C12H24O5. The summed E-state index contributed by atoms with van der Waals surface area (Å²) in [5.41, 5.74) is 0. The van der Waals surface area contributed by atoms with Gasteiger partial charge in [-0.2, -0.15) is 0 Å². The topological polar surface area (TPSA) is 61.8 Å². The smallest absolute Gasteiger partial charge is 0.302 e. The summed E-state index contributed by atoms with van der Waals surface area (Å²) in [4.78, 5) is 20.6. The number of hydrogen-bond acceptors (Lipinski definition) is 5. The second-order valence-electron chi connectivity index (χ2n) is 3.17. The van der Waals surface area contributed by atoms with E-state index in [0.717, 1.165) is 26.1 Å². The summed E-state index contributed by atoms with van der Waals surface area (Å²) in [5.74, 6) is -0.551. The van der Waals surface area contributed by atoms with Crippen LogP contribution in [0.1, 0.15) is 40.5 Å². The van der Waals surface area contributed by atoms with Crippen LogP contribution in [0.2, 0.25) is 0 Å². The molecule has 0 aliphatic carbocycles. The number of unbranched alkanes of at least 4 members (excludes halogenated alkanes) is 1. The molecule has 0 aromatic rings. The molecule has 0 atom stereocenters. The van der Waals surface area contributed by atoms with Gasteiger partial charge in [0.05, 0.1) is 13.2 Å². The van der Waals surface area contributed by atoms with E-state index < -0.39 is 0 Å². The molecule has 0 heterocycles. The SMILES string of the molecule is CC(=O)OCCCCOC(C)=O.CCOCC. The van der Waals surface area contributed by atoms with Crippen molar-refractivity contribution in [1.29, 1.82) is 0 Å². The van der Waals surface area contributed by atoms with Crippen LogP contribution in [-0.2, 0) is 23.8 Å². The Morgan fingerprint density at radius 2 is 1.18 bits per heavy atom. The first kappa shape index (κ1) is 18.3. The second-order valence-corrected chi connectivity index (χ2v) is 3.17. The van der Waals surface area contributed by atoms with Crippen molar-refractivity contribution in [2.24, 2.45) is 0 Å². The maximum absolute atomic E-state index is 10.3. The van der Waals surface area contributed by atoms with Gasteiger partial charge in [-0.3, -0.25) is 9.59 Å². The summed E-state index contributed by atoms with van der Waals surface area (Å²) >= 11 is 0. The van der Waals surface area contributed by atoms with Crippen molar-refractivity contribution in [3.8, 4) is 0 Å². The van der Waals surface area contributed by atoms with E-state index in [9.17, 15) is 9.59 Å². The molecule has 0 fully saturated rings. The molecule has 5 nitrogen and oxygen atoms in total. The van der Waals surface area contributed by atoms with E-state index in [0.29, 0.717) is 13.2 Å². The van der Waals surface area contributed by atoms with Crippen molar-refractivity contribution < 1.29 is 23.8 Å². The Kier molecular flexibility index (Phi) is 16.0. The van der Waals surface area contributed by atoms with Gasteiger partial charge in [-0.25, -0.2) is 0 Å². The fourth-order valence-corrected chi connectivity index (χ4v) is 0.840. The van der Waals surface area contributed by atoms with E-state index in [4.69, 9.17) is 4.74 Å². The first-order chi connectivity index (χ1) is 8.04. The normalized spacial score (nSPS) is 8.94. The maximum atomic E-state index is 10.3. The monoisotopic (exact) mass is 248 g/mol. The van der Waals surface area contributed by atoms with Crippen molar-refractivity contribution in [1.82, 2.24) is 0 Å². The van der Waals surface area contributed by atoms with Gasteiger partial charge >= 0.3 is 11.9 Å². The Hall–Kier alpha value is -1.10. The summed E-state index contributed by atoms with van der Waals surface area (Å²) in [7, 11) is 0. The van der Waals surface area contributed by atoms with Crippen LogP contribution in [0.4, 0.5) is 0 Å². The molecular weight excluding hydrogens is 224 g/mol. The molecule has 0 spiro atoms. The molecule has 0 rings (SSSR count). The Morgan fingerprint density at radius 1 is 0.824 bits per heavy atom. The van der Waals surface area contributed by atoms with Crippen LogP contribution in [0.3, 0.4) is 0 Å². The fourth-order valence-electron chi connectivity index (χ4n) is 0.840. The molecule has 0 saturated heterocycles. The van der Waals surface area contributed by atoms with Crippen LogP contribution in [-0.4, -0.2) is 38.4 Å². The fraction of sp³-hybridized carbons (Fsp3) is 0.833. The Morgan fingerprint density at radius 3 is 1.35 bits per heavy atom. The van der Waals surface area contributed by atoms with Crippen LogP contribution in [0.15, 0.2) is 0 Å². The Bertz CT molecular complexity index is 171. The molecule has 0 bridgehead atoms. The van der Waals surface area contributed by atoms with Crippen molar-refractivity contribution in [2.75, 3.05) is 26.4 Å². The third kappa shape index (κ3) is 25.3. The summed E-state index contributed by atoms with van der Waals surface area (Å²) in [5, 5.41) is 0. The molecule has 0 saturated carbocycles. The summed E-state index contributed by atoms with van der Waals surface area (Å²) in [6.45, 7) is 9.20. The number of hydrogen-bond donors (Lipinski definition) is 0. The first-order valence-corrected chi connectivity index (χ1v) is 5.89. The van der Waals surface area contributed by atoms with Gasteiger partial charge in [0.25, 0.3) is 0 Å². The van der Waals surface area contributed by atoms with Crippen LogP contribution < -0.4 is 0 Å². The van der Waals surface area contributed by atoms with Gasteiger partial charge in [0.1, 0.15) is 0 Å². The largest absolute Gasteiger partial charge is 0.466 e. The molecule has 0 N–H and O–H groups in total. The molecule has 0 amide bonds. The highest BCUT2D eigenvalue weighted by molar-refractivity contribution is 5.66. The molecule has 17 heavy (non-hydrogen) atoms. The van der Waals surface area contributed by atoms with Gasteiger partial charge in [-0.15, -0.1) is 0 Å². The third-order valence-electron chi connectivity index (χ3n) is 1.56. The zero-order valence-corrected chi connectivity index (χ0v) is 11.3. The summed E-state index contributed by atoms with van der Waals surface area (Å²) in [6.07, 6.45) is 1.46. The van der Waals surface area contributed by atoms with Gasteiger partial charge in [0, 0.05) is 27.1 Å². The van der Waals surface area contributed by atoms with Crippen molar-refractivity contribution in [2.45, 2.75) is 40.5 Å². The highest BCUT2D eigenvalue weighted by atomic mass is 16.5. The predicted molar refractivity (Wildman–Crippen MR) is 64.7 cm³/mol. The zero-order valence-electron chi connectivity index (χ0n) is 11.3. The Labute approximate surface area is 103 Å². The predicted octanol–water partition coefficient (Wildman–Crippen LogP) is 1.94. The lowest BCUT2D eigenvalue weighted by molar-refractivity contribution is -0.143. The molecule has 102 valence electrons. The number of esters is 2. The highest BCUT2D eigenvalue weighted by Gasteiger charge is 1.94. The van der Waals surface area contributed by atoms with Gasteiger partial charge in [0.15, 0.2) is 0 Å².